The Morgan fingerprint density at radius 2 is 0.950 bits per heavy atom. The van der Waals surface area contributed by atoms with Gasteiger partial charge in [0.25, 0.3) is 0 Å². The summed E-state index contributed by atoms with van der Waals surface area (Å²) >= 11 is 0. The Bertz CT molecular complexity index is 426. The van der Waals surface area contributed by atoms with Gasteiger partial charge in [0.1, 0.15) is 0 Å². The van der Waals surface area contributed by atoms with Crippen LogP contribution in [0.2, 0.25) is 0 Å². The van der Waals surface area contributed by atoms with Crippen molar-refractivity contribution < 1.29 is 0 Å². The molecule has 6 nitrogen and oxygen atoms in total. The minimum atomic E-state index is -0.407. The Balaban J connectivity index is 3.11. The lowest BCUT2D eigenvalue weighted by Gasteiger charge is -2.32. The van der Waals surface area contributed by atoms with E-state index in [2.05, 4.69) is 10.6 Å². The van der Waals surface area contributed by atoms with Gasteiger partial charge < -0.3 is 0 Å². The standard InChI is InChI=1S/C14H22N4O2/c1-13(2,3)17(15-19)11-7-9-12(10-8-11)18(16-20)14(4,5)6/h7-10H,1-6H3. The fourth-order valence-electron chi connectivity index (χ4n) is 1.85. The summed E-state index contributed by atoms with van der Waals surface area (Å²) in [4.78, 5) is 22.0. The van der Waals surface area contributed by atoms with Gasteiger partial charge in [0.15, 0.2) is 0 Å². The summed E-state index contributed by atoms with van der Waals surface area (Å²) in [5, 5.41) is 8.91. The molecule has 0 aliphatic rings. The first-order valence-electron chi connectivity index (χ1n) is 6.48. The summed E-state index contributed by atoms with van der Waals surface area (Å²) in [6, 6.07) is 7.02. The van der Waals surface area contributed by atoms with Crippen LogP contribution >= 0.6 is 0 Å². The monoisotopic (exact) mass is 278 g/mol. The summed E-state index contributed by atoms with van der Waals surface area (Å²) in [6.45, 7) is 11.4. The van der Waals surface area contributed by atoms with E-state index >= 15 is 0 Å². The average molecular weight is 278 g/mol. The Hall–Kier alpha value is -1.98. The molecular formula is C14H22N4O2. The molecule has 0 fully saturated rings. The Kier molecular flexibility index (Phi) is 4.47. The molecule has 110 valence electrons. The van der Waals surface area contributed by atoms with Gasteiger partial charge >= 0.3 is 0 Å². The van der Waals surface area contributed by atoms with Crippen molar-refractivity contribution in [3.63, 3.8) is 0 Å². The van der Waals surface area contributed by atoms with Crippen LogP contribution in [-0.4, -0.2) is 11.1 Å². The molecule has 0 spiro atoms. The lowest BCUT2D eigenvalue weighted by molar-refractivity contribution is 0.510. The van der Waals surface area contributed by atoms with Crippen molar-refractivity contribution in [1.82, 2.24) is 0 Å². The third-order valence-electron chi connectivity index (χ3n) is 2.77. The summed E-state index contributed by atoms with van der Waals surface area (Å²) in [6.07, 6.45) is 0. The maximum Gasteiger partial charge on any atom is 0.0634 e. The zero-order valence-electron chi connectivity index (χ0n) is 12.9. The molecule has 6 heteroatoms. The third kappa shape index (κ3) is 3.53. The second-order valence-corrected chi connectivity index (χ2v) is 6.64. The lowest BCUT2D eigenvalue weighted by atomic mass is 10.1. The lowest BCUT2D eigenvalue weighted by Crippen LogP contribution is -2.37. The van der Waals surface area contributed by atoms with Gasteiger partial charge in [-0.15, -0.1) is 9.81 Å². The molecule has 20 heavy (non-hydrogen) atoms. The quantitative estimate of drug-likeness (QED) is 0.609. The average Bonchev–Trinajstić information content (AvgIpc) is 2.29. The first-order chi connectivity index (χ1) is 9.11. The smallest absolute Gasteiger partial charge is 0.0634 e. The SMILES string of the molecule is CC(C)(C)N(N=O)c1ccc(N(N=O)C(C)(C)C)cc1. The fourth-order valence-corrected chi connectivity index (χ4v) is 1.85. The van der Waals surface area contributed by atoms with Crippen LogP contribution < -0.4 is 10.0 Å². The topological polar surface area (TPSA) is 65.3 Å². The molecule has 0 unspecified atom stereocenters. The molecule has 0 heterocycles. The van der Waals surface area contributed by atoms with E-state index in [-0.39, 0.29) is 0 Å². The van der Waals surface area contributed by atoms with Crippen molar-refractivity contribution in [2.24, 2.45) is 10.6 Å². The maximum absolute atomic E-state index is 11.0. The number of hydrogen-bond donors (Lipinski definition) is 0. The van der Waals surface area contributed by atoms with E-state index in [1.54, 1.807) is 24.3 Å². The van der Waals surface area contributed by atoms with E-state index in [0.717, 1.165) is 0 Å². The molecule has 0 bridgehead atoms. The van der Waals surface area contributed by atoms with Crippen molar-refractivity contribution in [2.75, 3.05) is 10.0 Å². The Labute approximate surface area is 119 Å². The predicted molar refractivity (Wildman–Crippen MR) is 82.5 cm³/mol. The van der Waals surface area contributed by atoms with E-state index in [1.165, 1.54) is 10.0 Å². The van der Waals surface area contributed by atoms with Crippen LogP contribution in [0.5, 0.6) is 0 Å². The second kappa shape index (κ2) is 5.56. The molecule has 0 radical (unpaired) electrons. The largest absolute Gasteiger partial charge is 0.224 e. The maximum atomic E-state index is 11.0. The first kappa shape index (κ1) is 16.1. The van der Waals surface area contributed by atoms with Gasteiger partial charge in [0, 0.05) is 0 Å². The summed E-state index contributed by atoms with van der Waals surface area (Å²) in [5.74, 6) is 0. The fraction of sp³-hybridized carbons (Fsp3) is 0.571. The molecule has 0 saturated carbocycles. The molecule has 1 aromatic carbocycles. The molecule has 0 N–H and O–H groups in total. The molecule has 0 atom stereocenters. The van der Waals surface area contributed by atoms with E-state index in [9.17, 15) is 9.81 Å². The van der Waals surface area contributed by atoms with E-state index in [0.29, 0.717) is 11.4 Å². The number of nitrogens with zero attached hydrogens (tertiary/aromatic N) is 4. The minimum Gasteiger partial charge on any atom is -0.224 e. The highest BCUT2D eigenvalue weighted by Gasteiger charge is 2.25. The molecule has 0 aliphatic carbocycles. The highest BCUT2D eigenvalue weighted by Crippen LogP contribution is 2.29. The second-order valence-electron chi connectivity index (χ2n) is 6.64. The minimum absolute atomic E-state index is 0.407. The number of benzene rings is 1. The number of rotatable bonds is 4. The van der Waals surface area contributed by atoms with Crippen LogP contribution in [0.15, 0.2) is 34.8 Å². The van der Waals surface area contributed by atoms with E-state index in [1.807, 2.05) is 41.5 Å². The highest BCUT2D eigenvalue weighted by molar-refractivity contribution is 5.57. The summed E-state index contributed by atoms with van der Waals surface area (Å²) in [7, 11) is 0. The molecule has 0 aliphatic heterocycles. The van der Waals surface area contributed by atoms with Gasteiger partial charge in [-0.1, -0.05) is 0 Å². The molecule has 0 amide bonds. The normalized spacial score (nSPS) is 11.9. The van der Waals surface area contributed by atoms with Crippen LogP contribution in [0.3, 0.4) is 0 Å². The third-order valence-corrected chi connectivity index (χ3v) is 2.77. The predicted octanol–water partition coefficient (Wildman–Crippen LogP) is 4.26. The van der Waals surface area contributed by atoms with Gasteiger partial charge in [0.2, 0.25) is 0 Å². The van der Waals surface area contributed by atoms with E-state index in [4.69, 9.17) is 0 Å². The molecule has 0 saturated heterocycles. The van der Waals surface area contributed by atoms with Crippen molar-refractivity contribution in [2.45, 2.75) is 52.6 Å². The zero-order valence-corrected chi connectivity index (χ0v) is 12.9. The van der Waals surface area contributed by atoms with E-state index < -0.39 is 11.1 Å². The van der Waals surface area contributed by atoms with Crippen molar-refractivity contribution >= 4 is 11.4 Å². The Morgan fingerprint density at radius 3 is 1.10 bits per heavy atom. The van der Waals surface area contributed by atoms with Crippen LogP contribution in [-0.2, 0) is 0 Å². The van der Waals surface area contributed by atoms with Crippen LogP contribution in [0.25, 0.3) is 0 Å². The van der Waals surface area contributed by atoms with Gasteiger partial charge in [0.05, 0.1) is 33.0 Å². The molecule has 1 rings (SSSR count). The van der Waals surface area contributed by atoms with Gasteiger partial charge in [-0.25, -0.2) is 10.0 Å². The van der Waals surface area contributed by atoms with Gasteiger partial charge in [-0.3, -0.25) is 0 Å². The summed E-state index contributed by atoms with van der Waals surface area (Å²) < 4.78 is 0. The number of nitroso groups, excluding NO2 is 2. The highest BCUT2D eigenvalue weighted by atomic mass is 16.3. The first-order valence-corrected chi connectivity index (χ1v) is 6.48. The number of hydrogen-bond acceptors (Lipinski definition) is 4. The van der Waals surface area contributed by atoms with Crippen molar-refractivity contribution in [3.05, 3.63) is 34.1 Å². The Morgan fingerprint density at radius 1 is 0.700 bits per heavy atom. The summed E-state index contributed by atoms with van der Waals surface area (Å²) in [5.41, 5.74) is 0.540. The van der Waals surface area contributed by atoms with Crippen molar-refractivity contribution in [3.8, 4) is 0 Å². The van der Waals surface area contributed by atoms with Gasteiger partial charge in [-0.2, -0.15) is 0 Å². The van der Waals surface area contributed by atoms with Crippen molar-refractivity contribution in [1.29, 1.82) is 0 Å². The van der Waals surface area contributed by atoms with Gasteiger partial charge in [-0.05, 0) is 65.8 Å². The van der Waals surface area contributed by atoms with Crippen LogP contribution in [0.1, 0.15) is 41.5 Å². The number of anilines is 2. The molecule has 1 aromatic rings. The molecule has 0 aromatic heterocycles. The van der Waals surface area contributed by atoms with Crippen LogP contribution in [0, 0.1) is 9.81 Å². The van der Waals surface area contributed by atoms with Crippen LogP contribution in [0.4, 0.5) is 11.4 Å². The molecular weight excluding hydrogens is 256 g/mol. The zero-order chi connectivity index (χ0) is 15.6.